The second kappa shape index (κ2) is 5.96. The Balaban J connectivity index is 3.29. The summed E-state index contributed by atoms with van der Waals surface area (Å²) in [5, 5.41) is 0. The van der Waals surface area contributed by atoms with E-state index in [9.17, 15) is 44.3 Å². The highest BCUT2D eigenvalue weighted by Gasteiger charge is 2.83. The largest absolute Gasteiger partial charge is 0.460 e. The summed E-state index contributed by atoms with van der Waals surface area (Å²) < 4.78 is 115. The van der Waals surface area contributed by atoms with Gasteiger partial charge in [-0.15, -0.1) is 0 Å². The summed E-state index contributed by atoms with van der Waals surface area (Å²) in [6.45, 7) is 3.37. The Hall–Kier alpha value is -1.74. The van der Waals surface area contributed by atoms with Gasteiger partial charge in [-0.2, -0.15) is 39.5 Å². The molecule has 1 aromatic rings. The molecule has 0 aromatic heterocycles. The molecule has 0 aliphatic rings. The zero-order chi connectivity index (χ0) is 19.1. The molecule has 0 bridgehead atoms. The van der Waals surface area contributed by atoms with E-state index in [4.69, 9.17) is 0 Å². The van der Waals surface area contributed by atoms with E-state index in [1.165, 1.54) is 0 Å². The molecule has 0 saturated heterocycles. The molecule has 136 valence electrons. The molecule has 0 amide bonds. The number of carbonyl (C=O) groups is 1. The van der Waals surface area contributed by atoms with E-state index >= 15 is 0 Å². The lowest BCUT2D eigenvalue weighted by Crippen LogP contribution is -2.63. The first-order valence-electron chi connectivity index (χ1n) is 6.42. The molecular weight excluding hydrogens is 355 g/mol. The first-order chi connectivity index (χ1) is 10.6. The summed E-state index contributed by atoms with van der Waals surface area (Å²) in [6, 6.07) is 3.53. The van der Waals surface area contributed by atoms with Crippen molar-refractivity contribution in [3.63, 3.8) is 0 Å². The van der Waals surface area contributed by atoms with Crippen LogP contribution in [0, 0.1) is 0 Å². The van der Waals surface area contributed by atoms with Crippen molar-refractivity contribution in [2.45, 2.75) is 43.7 Å². The predicted molar refractivity (Wildman–Crippen MR) is 65.8 cm³/mol. The van der Waals surface area contributed by atoms with Crippen molar-refractivity contribution in [3.8, 4) is 0 Å². The molecule has 0 heterocycles. The van der Waals surface area contributed by atoms with Crippen LogP contribution in [0.5, 0.6) is 0 Å². The maximum absolute atomic E-state index is 13.5. The monoisotopic (exact) mass is 366 g/mol. The van der Waals surface area contributed by atoms with Gasteiger partial charge in [-0.1, -0.05) is 38.1 Å². The van der Waals surface area contributed by atoms with Crippen molar-refractivity contribution in [2.75, 3.05) is 0 Å². The van der Waals surface area contributed by atoms with Crippen LogP contribution in [0.4, 0.5) is 39.5 Å². The SMILES string of the molecule is CC(C)c1ccc(C(=O)C(F)(F)C(F)(F)C(F)(F)C(F)(F)F)cc1. The molecule has 0 saturated carbocycles. The smallest absolute Gasteiger partial charge is 0.287 e. The van der Waals surface area contributed by atoms with Gasteiger partial charge in [-0.05, 0) is 11.5 Å². The molecule has 0 N–H and O–H groups in total. The number of carbonyl (C=O) groups excluding carboxylic acids is 1. The second-order valence-corrected chi connectivity index (χ2v) is 5.33. The van der Waals surface area contributed by atoms with Gasteiger partial charge in [0.1, 0.15) is 0 Å². The third-order valence-electron chi connectivity index (χ3n) is 3.27. The Bertz CT molecular complexity index is 600. The van der Waals surface area contributed by atoms with E-state index < -0.39 is 35.3 Å². The molecule has 0 spiro atoms. The van der Waals surface area contributed by atoms with Crippen LogP contribution in [0.15, 0.2) is 24.3 Å². The van der Waals surface area contributed by atoms with Crippen LogP contribution in [0.2, 0.25) is 0 Å². The Kier molecular flexibility index (Phi) is 5.04. The van der Waals surface area contributed by atoms with Crippen LogP contribution >= 0.6 is 0 Å². The number of rotatable bonds is 5. The average molecular weight is 366 g/mol. The summed E-state index contributed by atoms with van der Waals surface area (Å²) >= 11 is 0. The van der Waals surface area contributed by atoms with Crippen molar-refractivity contribution in [3.05, 3.63) is 35.4 Å². The van der Waals surface area contributed by atoms with Crippen LogP contribution in [0.3, 0.4) is 0 Å². The number of halogens is 9. The highest BCUT2D eigenvalue weighted by atomic mass is 19.4. The van der Waals surface area contributed by atoms with Gasteiger partial charge < -0.3 is 0 Å². The molecule has 1 nitrogen and oxygen atoms in total. The number of benzene rings is 1. The normalized spacial score (nSPS) is 14.2. The topological polar surface area (TPSA) is 17.1 Å². The Morgan fingerprint density at radius 1 is 0.792 bits per heavy atom. The fraction of sp³-hybridized carbons (Fsp3) is 0.500. The van der Waals surface area contributed by atoms with Crippen molar-refractivity contribution in [1.82, 2.24) is 0 Å². The summed E-state index contributed by atoms with van der Waals surface area (Å²) in [5.41, 5.74) is -0.593. The fourth-order valence-corrected chi connectivity index (χ4v) is 1.72. The number of Topliss-reactive ketones (excluding diaryl/α,β-unsaturated/α-hetero) is 1. The minimum Gasteiger partial charge on any atom is -0.287 e. The van der Waals surface area contributed by atoms with Gasteiger partial charge in [0.15, 0.2) is 0 Å². The van der Waals surface area contributed by atoms with Crippen molar-refractivity contribution < 1.29 is 44.3 Å². The third kappa shape index (κ3) is 3.10. The summed E-state index contributed by atoms with van der Waals surface area (Å²) in [7, 11) is 0. The molecule has 1 rings (SSSR count). The van der Waals surface area contributed by atoms with Crippen LogP contribution < -0.4 is 0 Å². The van der Waals surface area contributed by atoms with Crippen LogP contribution in [0.1, 0.15) is 35.7 Å². The molecule has 0 unspecified atom stereocenters. The van der Waals surface area contributed by atoms with Crippen molar-refractivity contribution in [2.24, 2.45) is 0 Å². The van der Waals surface area contributed by atoms with Crippen LogP contribution in [0.25, 0.3) is 0 Å². The van der Waals surface area contributed by atoms with Gasteiger partial charge in [-0.25, -0.2) is 0 Å². The Labute approximate surface area is 130 Å². The second-order valence-electron chi connectivity index (χ2n) is 5.33. The molecular formula is C14H11F9O. The molecule has 0 radical (unpaired) electrons. The van der Waals surface area contributed by atoms with E-state index in [0.717, 1.165) is 12.1 Å². The summed E-state index contributed by atoms with van der Waals surface area (Å²) in [6.07, 6.45) is -6.96. The maximum atomic E-state index is 13.5. The molecule has 24 heavy (non-hydrogen) atoms. The quantitative estimate of drug-likeness (QED) is 0.500. The molecule has 0 aliphatic carbocycles. The molecule has 0 fully saturated rings. The van der Waals surface area contributed by atoms with Gasteiger partial charge in [0.05, 0.1) is 0 Å². The molecule has 10 heteroatoms. The Morgan fingerprint density at radius 2 is 1.21 bits per heavy atom. The predicted octanol–water partition coefficient (Wildman–Crippen LogP) is 5.46. The van der Waals surface area contributed by atoms with E-state index in [1.807, 2.05) is 0 Å². The van der Waals surface area contributed by atoms with E-state index in [1.54, 1.807) is 13.8 Å². The molecule has 0 atom stereocenters. The third-order valence-corrected chi connectivity index (χ3v) is 3.27. The Morgan fingerprint density at radius 3 is 1.54 bits per heavy atom. The number of hydrogen-bond donors (Lipinski definition) is 0. The van der Waals surface area contributed by atoms with Crippen LogP contribution in [-0.2, 0) is 0 Å². The van der Waals surface area contributed by atoms with Gasteiger partial charge in [0, 0.05) is 5.56 Å². The number of hydrogen-bond acceptors (Lipinski definition) is 1. The minimum absolute atomic E-state index is 0.120. The fourth-order valence-electron chi connectivity index (χ4n) is 1.72. The zero-order valence-electron chi connectivity index (χ0n) is 12.2. The lowest BCUT2D eigenvalue weighted by Gasteiger charge is -2.32. The number of alkyl halides is 9. The summed E-state index contributed by atoms with van der Waals surface area (Å²) in [5.74, 6) is -23.2. The van der Waals surface area contributed by atoms with E-state index in [0.29, 0.717) is 17.7 Å². The van der Waals surface area contributed by atoms with Crippen LogP contribution in [-0.4, -0.2) is 29.7 Å². The van der Waals surface area contributed by atoms with Gasteiger partial charge in [-0.3, -0.25) is 4.79 Å². The standard InChI is InChI=1S/C14H11F9O/c1-7(2)8-3-5-9(6-4-8)10(24)11(15,16)12(17,18)13(19,20)14(21,22)23/h3-7H,1-2H3. The average Bonchev–Trinajstić information content (AvgIpc) is 2.44. The first-order valence-corrected chi connectivity index (χ1v) is 6.42. The minimum atomic E-state index is -7.09. The maximum Gasteiger partial charge on any atom is 0.460 e. The van der Waals surface area contributed by atoms with Crippen molar-refractivity contribution in [1.29, 1.82) is 0 Å². The van der Waals surface area contributed by atoms with E-state index in [2.05, 4.69) is 0 Å². The van der Waals surface area contributed by atoms with Crippen molar-refractivity contribution >= 4 is 5.78 Å². The van der Waals surface area contributed by atoms with Gasteiger partial charge in [0.25, 0.3) is 0 Å². The molecule has 1 aromatic carbocycles. The lowest BCUT2D eigenvalue weighted by atomic mass is 9.94. The lowest BCUT2D eigenvalue weighted by molar-refractivity contribution is -0.386. The summed E-state index contributed by atoms with van der Waals surface area (Å²) in [4.78, 5) is 11.4. The molecule has 0 aliphatic heterocycles. The highest BCUT2D eigenvalue weighted by Crippen LogP contribution is 2.53. The van der Waals surface area contributed by atoms with Gasteiger partial charge >= 0.3 is 23.9 Å². The highest BCUT2D eigenvalue weighted by molar-refractivity contribution is 6.02. The first kappa shape index (κ1) is 20.3. The number of ketones is 1. The van der Waals surface area contributed by atoms with E-state index in [-0.39, 0.29) is 5.92 Å². The zero-order valence-corrected chi connectivity index (χ0v) is 12.2. The van der Waals surface area contributed by atoms with Gasteiger partial charge in [0.2, 0.25) is 5.78 Å².